The number of thioether (sulfide) groups is 1. The van der Waals surface area contributed by atoms with E-state index in [1.165, 1.54) is 16.7 Å². The fourth-order valence-corrected chi connectivity index (χ4v) is 2.96. The van der Waals surface area contributed by atoms with Crippen molar-refractivity contribution in [3.8, 4) is 0 Å². The quantitative estimate of drug-likeness (QED) is 0.697. The number of urea groups is 1. The zero-order chi connectivity index (χ0) is 14.2. The van der Waals surface area contributed by atoms with E-state index in [1.54, 1.807) is 9.80 Å². The van der Waals surface area contributed by atoms with Crippen LogP contribution in [0.15, 0.2) is 0 Å². The SMILES string of the molecule is CSCC(=O)N1CCN2C(=O)N(C(C)C)C(=O)[C@@H]2C1. The Labute approximate surface area is 117 Å². The maximum Gasteiger partial charge on any atom is 0.327 e. The molecule has 6 nitrogen and oxygen atoms in total. The Bertz CT molecular complexity index is 413. The number of amides is 4. The smallest absolute Gasteiger partial charge is 0.327 e. The van der Waals surface area contributed by atoms with Crippen LogP contribution in [0.1, 0.15) is 13.8 Å². The van der Waals surface area contributed by atoms with E-state index in [2.05, 4.69) is 0 Å². The number of carbonyl (C=O) groups excluding carboxylic acids is 3. The van der Waals surface area contributed by atoms with Gasteiger partial charge in [-0.3, -0.25) is 14.5 Å². The molecule has 2 rings (SSSR count). The van der Waals surface area contributed by atoms with Crippen molar-refractivity contribution in [3.05, 3.63) is 0 Å². The highest BCUT2D eigenvalue weighted by Gasteiger charge is 2.48. The van der Waals surface area contributed by atoms with Gasteiger partial charge in [-0.15, -0.1) is 0 Å². The van der Waals surface area contributed by atoms with Crippen LogP contribution in [-0.4, -0.2) is 76.3 Å². The summed E-state index contributed by atoms with van der Waals surface area (Å²) < 4.78 is 0. The molecule has 0 N–H and O–H groups in total. The van der Waals surface area contributed by atoms with Crippen LogP contribution in [-0.2, 0) is 9.59 Å². The number of hydrogen-bond donors (Lipinski definition) is 0. The molecule has 106 valence electrons. The third-order valence-corrected chi connectivity index (χ3v) is 4.03. The number of fused-ring (bicyclic) bond motifs is 1. The molecule has 4 amide bonds. The average molecular weight is 285 g/mol. The summed E-state index contributed by atoms with van der Waals surface area (Å²) >= 11 is 1.47. The molecule has 2 fully saturated rings. The van der Waals surface area contributed by atoms with Gasteiger partial charge in [0.25, 0.3) is 5.91 Å². The molecule has 2 saturated heterocycles. The first-order valence-electron chi connectivity index (χ1n) is 6.37. The van der Waals surface area contributed by atoms with Crippen LogP contribution in [0.3, 0.4) is 0 Å². The molecule has 0 saturated carbocycles. The monoisotopic (exact) mass is 285 g/mol. The molecule has 2 aliphatic heterocycles. The molecule has 0 radical (unpaired) electrons. The lowest BCUT2D eigenvalue weighted by molar-refractivity contribution is -0.134. The predicted molar refractivity (Wildman–Crippen MR) is 72.8 cm³/mol. The summed E-state index contributed by atoms with van der Waals surface area (Å²) in [4.78, 5) is 40.8. The number of rotatable bonds is 3. The molecule has 0 spiro atoms. The van der Waals surface area contributed by atoms with E-state index in [0.29, 0.717) is 25.4 Å². The van der Waals surface area contributed by atoms with Crippen molar-refractivity contribution in [2.45, 2.75) is 25.9 Å². The van der Waals surface area contributed by atoms with Crippen molar-refractivity contribution >= 4 is 29.6 Å². The Morgan fingerprint density at radius 2 is 2.05 bits per heavy atom. The van der Waals surface area contributed by atoms with E-state index >= 15 is 0 Å². The van der Waals surface area contributed by atoms with E-state index in [9.17, 15) is 14.4 Å². The van der Waals surface area contributed by atoms with Crippen LogP contribution in [0.5, 0.6) is 0 Å². The van der Waals surface area contributed by atoms with Gasteiger partial charge in [0.15, 0.2) is 0 Å². The molecule has 0 bridgehead atoms. The third kappa shape index (κ3) is 2.43. The summed E-state index contributed by atoms with van der Waals surface area (Å²) in [6, 6.07) is -0.850. The van der Waals surface area contributed by atoms with Crippen molar-refractivity contribution in [1.29, 1.82) is 0 Å². The largest absolute Gasteiger partial charge is 0.338 e. The van der Waals surface area contributed by atoms with Gasteiger partial charge in [-0.1, -0.05) is 0 Å². The topological polar surface area (TPSA) is 60.9 Å². The van der Waals surface area contributed by atoms with Crippen molar-refractivity contribution in [2.24, 2.45) is 0 Å². The second kappa shape index (κ2) is 5.40. The minimum absolute atomic E-state index is 0.0374. The summed E-state index contributed by atoms with van der Waals surface area (Å²) in [6.07, 6.45) is 1.87. The van der Waals surface area contributed by atoms with Crippen LogP contribution in [0, 0.1) is 0 Å². The van der Waals surface area contributed by atoms with Gasteiger partial charge in [-0.2, -0.15) is 11.8 Å². The zero-order valence-electron chi connectivity index (χ0n) is 11.5. The molecular formula is C12H19N3O3S. The van der Waals surface area contributed by atoms with Gasteiger partial charge in [0.2, 0.25) is 5.91 Å². The van der Waals surface area contributed by atoms with Crippen LogP contribution in [0.4, 0.5) is 4.79 Å². The number of imide groups is 1. The van der Waals surface area contributed by atoms with E-state index < -0.39 is 6.04 Å². The van der Waals surface area contributed by atoms with Gasteiger partial charge in [0, 0.05) is 19.1 Å². The fourth-order valence-electron chi connectivity index (χ4n) is 2.53. The molecule has 0 aromatic heterocycles. The minimum Gasteiger partial charge on any atom is -0.338 e. The van der Waals surface area contributed by atoms with Gasteiger partial charge >= 0.3 is 6.03 Å². The summed E-state index contributed by atoms with van der Waals surface area (Å²) in [5, 5.41) is 0. The highest BCUT2D eigenvalue weighted by atomic mass is 32.2. The Balaban J connectivity index is 2.11. The van der Waals surface area contributed by atoms with E-state index in [0.717, 1.165) is 0 Å². The Kier molecular flexibility index (Phi) is 4.03. The summed E-state index contributed by atoms with van der Waals surface area (Å²) in [6.45, 7) is 4.93. The van der Waals surface area contributed by atoms with Crippen molar-refractivity contribution in [2.75, 3.05) is 31.6 Å². The number of hydrogen-bond acceptors (Lipinski definition) is 4. The zero-order valence-corrected chi connectivity index (χ0v) is 12.3. The molecule has 0 aromatic rings. The minimum atomic E-state index is -0.491. The number of nitrogens with zero attached hydrogens (tertiary/aromatic N) is 3. The Morgan fingerprint density at radius 1 is 1.37 bits per heavy atom. The summed E-state index contributed by atoms with van der Waals surface area (Å²) in [7, 11) is 0. The molecule has 0 unspecified atom stereocenters. The Hall–Kier alpha value is -1.24. The molecule has 1 atom stereocenters. The van der Waals surface area contributed by atoms with Crippen molar-refractivity contribution in [1.82, 2.24) is 14.7 Å². The first-order valence-corrected chi connectivity index (χ1v) is 7.77. The highest BCUT2D eigenvalue weighted by Crippen LogP contribution is 2.24. The van der Waals surface area contributed by atoms with Crippen molar-refractivity contribution < 1.29 is 14.4 Å². The number of piperazine rings is 1. The maximum absolute atomic E-state index is 12.2. The summed E-state index contributed by atoms with van der Waals surface area (Å²) in [5.41, 5.74) is 0. The number of carbonyl (C=O) groups is 3. The summed E-state index contributed by atoms with van der Waals surface area (Å²) in [5.74, 6) is 0.278. The third-order valence-electron chi connectivity index (χ3n) is 3.49. The van der Waals surface area contributed by atoms with E-state index in [1.807, 2.05) is 20.1 Å². The first kappa shape index (κ1) is 14.2. The highest BCUT2D eigenvalue weighted by molar-refractivity contribution is 7.99. The molecule has 2 aliphatic rings. The van der Waals surface area contributed by atoms with Gasteiger partial charge in [-0.25, -0.2) is 4.79 Å². The van der Waals surface area contributed by atoms with Gasteiger partial charge in [0.1, 0.15) is 6.04 Å². The predicted octanol–water partition coefficient (Wildman–Crippen LogP) is 0.233. The fraction of sp³-hybridized carbons (Fsp3) is 0.750. The maximum atomic E-state index is 12.2. The average Bonchev–Trinajstić information content (AvgIpc) is 2.61. The molecule has 19 heavy (non-hydrogen) atoms. The lowest BCUT2D eigenvalue weighted by atomic mass is 10.2. The molecule has 0 aliphatic carbocycles. The second-order valence-corrected chi connectivity index (χ2v) is 5.93. The lowest BCUT2D eigenvalue weighted by Crippen LogP contribution is -2.55. The lowest BCUT2D eigenvalue weighted by Gasteiger charge is -2.35. The first-order chi connectivity index (χ1) is 8.97. The van der Waals surface area contributed by atoms with Gasteiger partial charge < -0.3 is 9.80 Å². The van der Waals surface area contributed by atoms with Crippen molar-refractivity contribution in [3.63, 3.8) is 0 Å². The molecular weight excluding hydrogens is 266 g/mol. The Morgan fingerprint density at radius 3 is 2.63 bits per heavy atom. The van der Waals surface area contributed by atoms with E-state index in [4.69, 9.17) is 0 Å². The van der Waals surface area contributed by atoms with Crippen LogP contribution < -0.4 is 0 Å². The van der Waals surface area contributed by atoms with Crippen LogP contribution >= 0.6 is 11.8 Å². The molecule has 2 heterocycles. The van der Waals surface area contributed by atoms with Gasteiger partial charge in [-0.05, 0) is 20.1 Å². The normalized spacial score (nSPS) is 23.4. The standard InChI is InChI=1S/C12H19N3O3S/c1-8(2)15-11(17)9-6-13(10(16)7-19-3)4-5-14(9)12(15)18/h8-9H,4-7H2,1-3H3/t9-/m0/s1. The van der Waals surface area contributed by atoms with Crippen LogP contribution in [0.2, 0.25) is 0 Å². The molecule has 7 heteroatoms. The molecule has 0 aromatic carbocycles. The van der Waals surface area contributed by atoms with E-state index in [-0.39, 0.29) is 23.9 Å². The second-order valence-electron chi connectivity index (χ2n) is 5.07. The van der Waals surface area contributed by atoms with Gasteiger partial charge in [0.05, 0.1) is 12.3 Å². The van der Waals surface area contributed by atoms with Crippen LogP contribution in [0.25, 0.3) is 0 Å².